The third-order valence-corrected chi connectivity index (χ3v) is 6.85. The van der Waals surface area contributed by atoms with E-state index in [4.69, 9.17) is 0 Å². The minimum absolute atomic E-state index is 0.326. The molecular weight excluding hydrogens is 449 g/mol. The van der Waals surface area contributed by atoms with Crippen molar-refractivity contribution in [2.45, 2.75) is 52.6 Å². The van der Waals surface area contributed by atoms with Gasteiger partial charge >= 0.3 is 6.18 Å². The largest absolute Gasteiger partial charge is 0.401 e. The summed E-state index contributed by atoms with van der Waals surface area (Å²) < 4.78 is 40.6. The molecule has 7 heteroatoms. The van der Waals surface area contributed by atoms with Crippen LogP contribution in [0.4, 0.5) is 13.2 Å². The molecule has 4 nitrogen and oxygen atoms in total. The van der Waals surface area contributed by atoms with Crippen molar-refractivity contribution in [3.8, 4) is 5.69 Å². The van der Waals surface area contributed by atoms with Crippen molar-refractivity contribution in [3.05, 3.63) is 65.6 Å². The Morgan fingerprint density at radius 2 is 1.69 bits per heavy atom. The number of nitrogens with zero attached hydrogens (tertiary/aromatic N) is 4. The van der Waals surface area contributed by atoms with Crippen molar-refractivity contribution in [2.75, 3.05) is 32.7 Å². The molecule has 4 rings (SSSR count). The maximum Gasteiger partial charge on any atom is 0.401 e. The van der Waals surface area contributed by atoms with Crippen LogP contribution in [-0.4, -0.2) is 58.3 Å². The molecular formula is C28H35F3N4. The molecule has 0 saturated carbocycles. The molecule has 0 bridgehead atoms. The van der Waals surface area contributed by atoms with Gasteiger partial charge in [-0.15, -0.1) is 0 Å². The molecule has 1 saturated heterocycles. The smallest absolute Gasteiger partial charge is 0.369 e. The maximum absolute atomic E-state index is 12.8. The first kappa shape index (κ1) is 25.3. The van der Waals surface area contributed by atoms with Gasteiger partial charge in [0.25, 0.3) is 0 Å². The molecule has 3 heterocycles. The van der Waals surface area contributed by atoms with Crippen molar-refractivity contribution in [1.82, 2.24) is 19.4 Å². The molecule has 0 N–H and O–H groups in total. The van der Waals surface area contributed by atoms with Gasteiger partial charge in [-0.25, -0.2) is 0 Å². The Morgan fingerprint density at radius 3 is 2.29 bits per heavy atom. The number of hydrogen-bond donors (Lipinski definition) is 0. The lowest BCUT2D eigenvalue weighted by atomic mass is 10.0. The van der Waals surface area contributed by atoms with Gasteiger partial charge in [0.05, 0.1) is 12.1 Å². The summed E-state index contributed by atoms with van der Waals surface area (Å²) in [4.78, 5) is 8.12. The van der Waals surface area contributed by atoms with Gasteiger partial charge in [-0.3, -0.25) is 9.88 Å². The summed E-state index contributed by atoms with van der Waals surface area (Å²) in [5.74, 6) is 0.666. The standard InChI is InChI=1S/C28H35F3N4/c1-18(2)25-16-23(7-8-32-25)35-26(19(3)4)15-22-14-24(20(5)13-27(22)35)21(6)34-11-9-33(10-12-34)17-28(29,30)31/h7-8,13-16,18-19H,6,9-12,17H2,1-5H3. The summed E-state index contributed by atoms with van der Waals surface area (Å²) >= 11 is 0. The van der Waals surface area contributed by atoms with Crippen molar-refractivity contribution in [2.24, 2.45) is 0 Å². The predicted molar refractivity (Wildman–Crippen MR) is 137 cm³/mol. The van der Waals surface area contributed by atoms with Crippen molar-refractivity contribution in [1.29, 1.82) is 0 Å². The second-order valence-electron chi connectivity index (χ2n) is 10.2. The fourth-order valence-corrected chi connectivity index (χ4v) is 4.90. The van der Waals surface area contributed by atoms with E-state index in [1.165, 1.54) is 10.6 Å². The van der Waals surface area contributed by atoms with Gasteiger partial charge < -0.3 is 9.47 Å². The molecule has 0 spiro atoms. The average molecular weight is 485 g/mol. The van der Waals surface area contributed by atoms with Gasteiger partial charge in [-0.05, 0) is 54.7 Å². The highest BCUT2D eigenvalue weighted by Crippen LogP contribution is 2.34. The van der Waals surface area contributed by atoms with Crippen LogP contribution in [0, 0.1) is 6.92 Å². The van der Waals surface area contributed by atoms with Crippen LogP contribution >= 0.6 is 0 Å². The third-order valence-electron chi connectivity index (χ3n) is 6.85. The number of fused-ring (bicyclic) bond motifs is 1. The molecule has 0 unspecified atom stereocenters. The fourth-order valence-electron chi connectivity index (χ4n) is 4.90. The number of aryl methyl sites for hydroxylation is 1. The van der Waals surface area contributed by atoms with E-state index >= 15 is 0 Å². The van der Waals surface area contributed by atoms with Gasteiger partial charge in [-0.2, -0.15) is 13.2 Å². The summed E-state index contributed by atoms with van der Waals surface area (Å²) in [5.41, 5.74) is 7.56. The first-order valence-electron chi connectivity index (χ1n) is 12.3. The molecule has 188 valence electrons. The number of benzene rings is 1. The van der Waals surface area contributed by atoms with E-state index in [0.717, 1.165) is 39.1 Å². The molecule has 0 radical (unpaired) electrons. The van der Waals surface area contributed by atoms with Crippen LogP contribution in [0.2, 0.25) is 0 Å². The third kappa shape index (κ3) is 5.40. The number of piperazine rings is 1. The Bertz CT molecular complexity index is 1210. The van der Waals surface area contributed by atoms with Crippen molar-refractivity contribution < 1.29 is 13.2 Å². The molecule has 1 aromatic carbocycles. The fraction of sp³-hybridized carbons (Fsp3) is 0.464. The molecule has 0 amide bonds. The van der Waals surface area contributed by atoms with Crippen LogP contribution < -0.4 is 0 Å². The number of pyridine rings is 1. The molecule has 1 aliphatic rings. The first-order valence-corrected chi connectivity index (χ1v) is 12.3. The lowest BCUT2D eigenvalue weighted by Crippen LogP contribution is -2.48. The highest BCUT2D eigenvalue weighted by molar-refractivity contribution is 5.88. The minimum Gasteiger partial charge on any atom is -0.369 e. The van der Waals surface area contributed by atoms with Crippen LogP contribution in [0.15, 0.2) is 43.1 Å². The monoisotopic (exact) mass is 484 g/mol. The Hall–Kier alpha value is -2.80. The SMILES string of the molecule is C=C(c1cc2cc(C(C)C)n(-c3ccnc(C(C)C)c3)c2cc1C)N1CCN(CC(F)(F)F)CC1. The number of alkyl halides is 3. The Labute approximate surface area is 206 Å². The summed E-state index contributed by atoms with van der Waals surface area (Å²) in [7, 11) is 0. The maximum atomic E-state index is 12.8. The Kier molecular flexibility index (Phi) is 7.00. The quantitative estimate of drug-likeness (QED) is 0.388. The van der Waals surface area contributed by atoms with E-state index in [1.54, 1.807) is 0 Å². The summed E-state index contributed by atoms with van der Waals surface area (Å²) in [6.07, 6.45) is -2.28. The molecule has 35 heavy (non-hydrogen) atoms. The van der Waals surface area contributed by atoms with Crippen molar-refractivity contribution >= 4 is 16.6 Å². The van der Waals surface area contributed by atoms with Gasteiger partial charge in [0.1, 0.15) is 0 Å². The number of halogens is 3. The zero-order chi connectivity index (χ0) is 25.5. The normalized spacial score (nSPS) is 15.5. The van der Waals surface area contributed by atoms with Gasteiger partial charge in [-0.1, -0.05) is 34.3 Å². The van der Waals surface area contributed by atoms with Gasteiger partial charge in [0, 0.05) is 66.1 Å². The average Bonchev–Trinajstić information content (AvgIpc) is 3.16. The molecule has 1 fully saturated rings. The minimum atomic E-state index is -4.16. The van der Waals surface area contributed by atoms with E-state index < -0.39 is 12.7 Å². The highest BCUT2D eigenvalue weighted by atomic mass is 19.4. The summed E-state index contributed by atoms with van der Waals surface area (Å²) in [6.45, 7) is 16.1. The predicted octanol–water partition coefficient (Wildman–Crippen LogP) is 6.73. The molecule has 3 aromatic rings. The summed E-state index contributed by atoms with van der Waals surface area (Å²) in [5, 5.41) is 1.13. The highest BCUT2D eigenvalue weighted by Gasteiger charge is 2.32. The lowest BCUT2D eigenvalue weighted by Gasteiger charge is -2.37. The van der Waals surface area contributed by atoms with Crippen LogP contribution in [0.25, 0.3) is 22.3 Å². The van der Waals surface area contributed by atoms with Crippen LogP contribution in [0.5, 0.6) is 0 Å². The zero-order valence-corrected chi connectivity index (χ0v) is 21.3. The van der Waals surface area contributed by atoms with E-state index in [2.05, 4.69) is 86.0 Å². The van der Waals surface area contributed by atoms with E-state index in [0.29, 0.717) is 38.0 Å². The number of rotatable bonds is 6. The van der Waals surface area contributed by atoms with Gasteiger partial charge in [0.15, 0.2) is 0 Å². The van der Waals surface area contributed by atoms with E-state index in [9.17, 15) is 13.2 Å². The van der Waals surface area contributed by atoms with Crippen LogP contribution in [0.1, 0.15) is 62.0 Å². The Morgan fingerprint density at radius 1 is 1.00 bits per heavy atom. The Balaban J connectivity index is 1.67. The van der Waals surface area contributed by atoms with E-state index in [1.807, 2.05) is 6.20 Å². The molecule has 0 atom stereocenters. The van der Waals surface area contributed by atoms with Gasteiger partial charge in [0.2, 0.25) is 0 Å². The number of aromatic nitrogens is 2. The van der Waals surface area contributed by atoms with Crippen LogP contribution in [-0.2, 0) is 0 Å². The topological polar surface area (TPSA) is 24.3 Å². The second-order valence-corrected chi connectivity index (χ2v) is 10.2. The second kappa shape index (κ2) is 9.69. The zero-order valence-electron chi connectivity index (χ0n) is 21.3. The van der Waals surface area contributed by atoms with E-state index in [-0.39, 0.29) is 0 Å². The first-order chi connectivity index (χ1) is 16.4. The summed E-state index contributed by atoms with van der Waals surface area (Å²) in [6, 6.07) is 10.9. The van der Waals surface area contributed by atoms with Crippen LogP contribution in [0.3, 0.4) is 0 Å². The molecule has 1 aliphatic heterocycles. The molecule has 2 aromatic heterocycles. The molecule has 0 aliphatic carbocycles. The van der Waals surface area contributed by atoms with Crippen molar-refractivity contribution in [3.63, 3.8) is 0 Å². The number of hydrogen-bond acceptors (Lipinski definition) is 3. The lowest BCUT2D eigenvalue weighted by molar-refractivity contribution is -0.148.